The maximum atomic E-state index is 13.0. The van der Waals surface area contributed by atoms with Crippen molar-refractivity contribution in [2.45, 2.75) is 161 Å². The monoisotopic (exact) mass is 728 g/mol. The zero-order valence-electron chi connectivity index (χ0n) is 33.2. The lowest BCUT2D eigenvalue weighted by atomic mass is 9.61. The summed E-state index contributed by atoms with van der Waals surface area (Å²) in [4.78, 5) is 0.231. The van der Waals surface area contributed by atoms with Crippen molar-refractivity contribution in [3.8, 4) is 0 Å². The van der Waals surface area contributed by atoms with Gasteiger partial charge in [-0.3, -0.25) is 4.18 Å². The van der Waals surface area contributed by atoms with Crippen LogP contribution in [0, 0.1) is 30.1 Å². The number of allylic oxidation sites excluding steroid dienone is 3. The first-order chi connectivity index (χ1) is 22.4. The Morgan fingerprint density at radius 1 is 0.959 bits per heavy atom. The van der Waals surface area contributed by atoms with Gasteiger partial charge in [0.15, 0.2) is 16.6 Å². The molecule has 4 rings (SSSR count). The Hall–Kier alpha value is -1.30. The van der Waals surface area contributed by atoms with Crippen LogP contribution < -0.4 is 0 Å². The Bertz CT molecular complexity index is 1510. The molecule has 0 spiro atoms. The molecule has 3 aliphatic rings. The molecule has 1 aromatic rings. The second-order valence-corrected chi connectivity index (χ2v) is 30.0. The topological polar surface area (TPSA) is 61.8 Å². The van der Waals surface area contributed by atoms with Gasteiger partial charge in [-0.1, -0.05) is 97.4 Å². The van der Waals surface area contributed by atoms with Crippen molar-refractivity contribution in [3.63, 3.8) is 0 Å². The van der Waals surface area contributed by atoms with E-state index in [0.717, 1.165) is 49.7 Å². The number of benzene rings is 1. The number of hydrogen-bond donors (Lipinski definition) is 0. The Kier molecular flexibility index (Phi) is 12.1. The lowest BCUT2D eigenvalue weighted by Gasteiger charge is -2.45. The molecule has 1 aromatic carbocycles. The first kappa shape index (κ1) is 40.5. The molecule has 6 atom stereocenters. The Morgan fingerprint density at radius 2 is 1.55 bits per heavy atom. The Balaban J connectivity index is 1.55. The van der Waals surface area contributed by atoms with Crippen LogP contribution in [-0.4, -0.2) is 43.9 Å². The van der Waals surface area contributed by atoms with E-state index in [9.17, 15) is 8.42 Å². The fraction of sp³-hybridized carbons (Fsp3) is 0.707. The fourth-order valence-corrected chi connectivity index (χ4v) is 11.7. The molecule has 0 aromatic heterocycles. The lowest BCUT2D eigenvalue weighted by Crippen LogP contribution is -2.49. The van der Waals surface area contributed by atoms with Crippen molar-refractivity contribution < 1.29 is 21.5 Å². The molecule has 8 heteroatoms. The Labute approximate surface area is 302 Å². The molecule has 276 valence electrons. The Morgan fingerprint density at radius 3 is 2.14 bits per heavy atom. The van der Waals surface area contributed by atoms with Gasteiger partial charge in [-0.25, -0.2) is 0 Å². The molecule has 0 amide bonds. The molecule has 0 aliphatic heterocycles. The highest BCUT2D eigenvalue weighted by Gasteiger charge is 2.51. The molecule has 0 N–H and O–H groups in total. The van der Waals surface area contributed by atoms with Gasteiger partial charge in [0, 0.05) is 6.42 Å². The molecule has 0 unspecified atom stereocenters. The van der Waals surface area contributed by atoms with E-state index < -0.39 is 26.8 Å². The van der Waals surface area contributed by atoms with Gasteiger partial charge in [-0.15, -0.1) is 0 Å². The second-order valence-electron chi connectivity index (χ2n) is 18.9. The van der Waals surface area contributed by atoms with Gasteiger partial charge in [-0.2, -0.15) is 8.42 Å². The first-order valence-electron chi connectivity index (χ1n) is 18.8. The van der Waals surface area contributed by atoms with E-state index >= 15 is 0 Å². The molecule has 0 saturated heterocycles. The average Bonchev–Trinajstić information content (AvgIpc) is 3.33. The molecule has 0 bridgehead atoms. The summed E-state index contributed by atoms with van der Waals surface area (Å²) in [6.45, 7) is 34.7. The van der Waals surface area contributed by atoms with Gasteiger partial charge < -0.3 is 8.85 Å². The minimum absolute atomic E-state index is 0.0291. The zero-order chi connectivity index (χ0) is 36.8. The molecule has 5 nitrogen and oxygen atoms in total. The highest BCUT2D eigenvalue weighted by atomic mass is 32.2. The summed E-state index contributed by atoms with van der Waals surface area (Å²) in [5, 5.41) is 0.257. The van der Waals surface area contributed by atoms with E-state index in [1.54, 1.807) is 12.1 Å². The minimum Gasteiger partial charge on any atom is -0.413 e. The molecule has 3 saturated carbocycles. The summed E-state index contributed by atoms with van der Waals surface area (Å²) in [5.74, 6) is 1.05. The van der Waals surface area contributed by atoms with Crippen LogP contribution >= 0.6 is 0 Å². The van der Waals surface area contributed by atoms with Crippen molar-refractivity contribution in [2.24, 2.45) is 23.2 Å². The van der Waals surface area contributed by atoms with Crippen LogP contribution in [0.25, 0.3) is 0 Å². The number of rotatable bonds is 10. The van der Waals surface area contributed by atoms with Crippen LogP contribution in [-0.2, 0) is 23.2 Å². The molecule has 0 radical (unpaired) electrons. The SMILES string of the molecule is C=C1/C(=C\C=C2/CCC[C@]3(C)[C@@H]([C@H](C)COS(=O)(=O)c4ccc(C)cc4)CC[C@@H]23)C[C@@H](O[Si](C)(C)C(C)(C)C)C[C@@H]1O[Si](C)(C)C(C)(C)C. The highest BCUT2D eigenvalue weighted by molar-refractivity contribution is 7.86. The quantitative estimate of drug-likeness (QED) is 0.177. The molecular formula is C41H68O5SSi2. The summed E-state index contributed by atoms with van der Waals surface area (Å²) in [6.07, 6.45) is 12.3. The number of aryl methyl sites for hydroxylation is 1. The van der Waals surface area contributed by atoms with Crippen LogP contribution in [0.4, 0.5) is 0 Å². The fourth-order valence-electron chi connectivity index (χ4n) is 8.07. The smallest absolute Gasteiger partial charge is 0.296 e. The largest absolute Gasteiger partial charge is 0.413 e. The zero-order valence-corrected chi connectivity index (χ0v) is 36.0. The number of fused-ring (bicyclic) bond motifs is 1. The average molecular weight is 729 g/mol. The molecule has 0 heterocycles. The van der Waals surface area contributed by atoms with Crippen molar-refractivity contribution in [1.29, 1.82) is 0 Å². The van der Waals surface area contributed by atoms with Crippen LogP contribution in [0.1, 0.15) is 106 Å². The van der Waals surface area contributed by atoms with Gasteiger partial charge in [0.25, 0.3) is 10.1 Å². The van der Waals surface area contributed by atoms with E-state index in [-0.39, 0.29) is 45.1 Å². The van der Waals surface area contributed by atoms with Crippen molar-refractivity contribution in [1.82, 2.24) is 0 Å². The summed E-state index contributed by atoms with van der Waals surface area (Å²) in [7, 11) is -7.78. The van der Waals surface area contributed by atoms with Gasteiger partial charge in [0.1, 0.15) is 0 Å². The molecule has 3 aliphatic carbocycles. The second kappa shape index (κ2) is 14.6. The molecule has 49 heavy (non-hydrogen) atoms. The van der Waals surface area contributed by atoms with Gasteiger partial charge in [0.2, 0.25) is 0 Å². The molecular weight excluding hydrogens is 661 g/mol. The first-order valence-corrected chi connectivity index (χ1v) is 26.0. The normalized spacial score (nSPS) is 29.8. The predicted molar refractivity (Wildman–Crippen MR) is 210 cm³/mol. The maximum absolute atomic E-state index is 13.0. The highest BCUT2D eigenvalue weighted by Crippen LogP contribution is 2.59. The van der Waals surface area contributed by atoms with E-state index in [0.29, 0.717) is 11.8 Å². The van der Waals surface area contributed by atoms with E-state index in [4.69, 9.17) is 13.0 Å². The third-order valence-electron chi connectivity index (χ3n) is 13.3. The van der Waals surface area contributed by atoms with Gasteiger partial charge in [-0.05, 0) is 128 Å². The maximum Gasteiger partial charge on any atom is 0.296 e. The number of hydrogen-bond acceptors (Lipinski definition) is 5. The third kappa shape index (κ3) is 9.02. The summed E-state index contributed by atoms with van der Waals surface area (Å²) in [6, 6.07) is 6.91. The summed E-state index contributed by atoms with van der Waals surface area (Å²) >= 11 is 0. The summed E-state index contributed by atoms with van der Waals surface area (Å²) < 4.78 is 45.8. The minimum atomic E-state index is -3.78. The van der Waals surface area contributed by atoms with Crippen molar-refractivity contribution in [3.05, 3.63) is 65.3 Å². The van der Waals surface area contributed by atoms with E-state index in [1.807, 2.05) is 19.1 Å². The van der Waals surface area contributed by atoms with Crippen LogP contribution in [0.5, 0.6) is 0 Å². The van der Waals surface area contributed by atoms with Gasteiger partial charge >= 0.3 is 0 Å². The summed E-state index contributed by atoms with van der Waals surface area (Å²) in [5.41, 5.74) is 5.09. The lowest BCUT2D eigenvalue weighted by molar-refractivity contribution is 0.0760. The molecule has 3 fully saturated rings. The third-order valence-corrected chi connectivity index (χ3v) is 23.6. The van der Waals surface area contributed by atoms with Crippen molar-refractivity contribution in [2.75, 3.05) is 6.61 Å². The van der Waals surface area contributed by atoms with Crippen molar-refractivity contribution >= 4 is 26.8 Å². The standard InChI is InChI=1S/C41H68O5SSi2/c1-29-17-21-35(22-18-29)47(42,43)44-28-30(2)36-23-24-37-32(16-15-25-41(36,37)10)19-20-33-26-34(45-48(11,12)39(4,5)6)27-38(31(33)3)46-49(13,14)40(7,8)9/h17-22,30,34,36-38H,3,15-16,23-28H2,1-2,4-14H3/b32-19+,33-20-/t30-,34-,36-,37+,38+,41-/m1/s1. The van der Waals surface area contributed by atoms with Crippen LogP contribution in [0.15, 0.2) is 64.6 Å². The van der Waals surface area contributed by atoms with Crippen LogP contribution in [0.3, 0.4) is 0 Å². The predicted octanol–water partition coefficient (Wildman–Crippen LogP) is 11.5. The van der Waals surface area contributed by atoms with Gasteiger partial charge in [0.05, 0.1) is 23.7 Å². The van der Waals surface area contributed by atoms with E-state index in [1.165, 1.54) is 17.6 Å². The van der Waals surface area contributed by atoms with E-state index in [2.05, 4.69) is 100 Å². The van der Waals surface area contributed by atoms with Crippen LogP contribution in [0.2, 0.25) is 36.3 Å².